The maximum atomic E-state index is 12.1. The number of carbonyl (C=O) groups excluding carboxylic acids is 1. The zero-order valence-electron chi connectivity index (χ0n) is 15.1. The summed E-state index contributed by atoms with van der Waals surface area (Å²) in [5, 5.41) is 13.9. The average Bonchev–Trinajstić information content (AvgIpc) is 2.50. The Morgan fingerprint density at radius 3 is 2.39 bits per heavy atom. The number of hydrogen-bond acceptors (Lipinski definition) is 5. The molecule has 0 aromatic carbocycles. The molecule has 6 heteroatoms. The molecular formula is C17H29N3O2S. The first kappa shape index (κ1) is 19.9. The molecule has 2 atom stereocenters. The van der Waals surface area contributed by atoms with Crippen LogP contribution in [0.1, 0.15) is 50.6 Å². The zero-order valence-corrected chi connectivity index (χ0v) is 15.9. The van der Waals surface area contributed by atoms with E-state index in [1.54, 1.807) is 6.92 Å². The van der Waals surface area contributed by atoms with Gasteiger partial charge in [-0.3, -0.25) is 4.79 Å². The molecule has 0 aliphatic heterocycles. The van der Waals surface area contributed by atoms with Crippen molar-refractivity contribution in [1.82, 2.24) is 15.3 Å². The Bertz CT molecular complexity index is 524. The van der Waals surface area contributed by atoms with Crippen LogP contribution in [0.25, 0.3) is 0 Å². The monoisotopic (exact) mass is 339 g/mol. The highest BCUT2D eigenvalue weighted by Gasteiger charge is 2.27. The summed E-state index contributed by atoms with van der Waals surface area (Å²) in [7, 11) is 0. The fourth-order valence-electron chi connectivity index (χ4n) is 2.38. The van der Waals surface area contributed by atoms with E-state index in [0.29, 0.717) is 12.8 Å². The van der Waals surface area contributed by atoms with Crippen molar-refractivity contribution >= 4 is 17.7 Å². The van der Waals surface area contributed by atoms with Gasteiger partial charge in [0.05, 0.1) is 5.60 Å². The fourth-order valence-corrected chi connectivity index (χ4v) is 2.84. The van der Waals surface area contributed by atoms with Gasteiger partial charge in [-0.25, -0.2) is 9.97 Å². The van der Waals surface area contributed by atoms with Crippen molar-refractivity contribution in [3.8, 4) is 0 Å². The number of carbonyl (C=O) groups is 1. The molecule has 1 aromatic heterocycles. The molecular weight excluding hydrogens is 310 g/mol. The minimum absolute atomic E-state index is 0.0543. The van der Waals surface area contributed by atoms with Crippen LogP contribution in [-0.4, -0.2) is 39.4 Å². The topological polar surface area (TPSA) is 75.1 Å². The van der Waals surface area contributed by atoms with Crippen molar-refractivity contribution < 1.29 is 9.90 Å². The summed E-state index contributed by atoms with van der Waals surface area (Å²) in [6, 6.07) is 0. The number of rotatable bonds is 8. The van der Waals surface area contributed by atoms with Gasteiger partial charge in [-0.15, -0.1) is 0 Å². The lowest BCUT2D eigenvalue weighted by atomic mass is 9.88. The van der Waals surface area contributed by atoms with Crippen LogP contribution >= 0.6 is 11.8 Å². The number of amides is 1. The Labute approximate surface area is 143 Å². The fraction of sp³-hybridized carbons (Fsp3) is 0.706. The quantitative estimate of drug-likeness (QED) is 0.562. The van der Waals surface area contributed by atoms with E-state index in [4.69, 9.17) is 0 Å². The molecule has 130 valence electrons. The largest absolute Gasteiger partial charge is 0.388 e. The van der Waals surface area contributed by atoms with Crippen molar-refractivity contribution in [2.45, 2.75) is 64.6 Å². The first-order valence-corrected chi connectivity index (χ1v) is 9.30. The molecule has 2 N–H and O–H groups in total. The van der Waals surface area contributed by atoms with Crippen molar-refractivity contribution in [3.63, 3.8) is 0 Å². The van der Waals surface area contributed by atoms with E-state index in [-0.39, 0.29) is 18.4 Å². The van der Waals surface area contributed by atoms with Gasteiger partial charge < -0.3 is 10.4 Å². The van der Waals surface area contributed by atoms with Crippen LogP contribution in [0.2, 0.25) is 0 Å². The summed E-state index contributed by atoms with van der Waals surface area (Å²) in [5.41, 5.74) is 2.02. The third-order valence-corrected chi connectivity index (χ3v) is 5.05. The molecule has 2 unspecified atom stereocenters. The van der Waals surface area contributed by atoms with E-state index in [1.807, 2.05) is 34.0 Å². The number of nitrogens with zero attached hydrogens (tertiary/aromatic N) is 2. The summed E-state index contributed by atoms with van der Waals surface area (Å²) in [5.74, 6) is 0.0844. The minimum atomic E-state index is -0.876. The normalized spacial score (nSPS) is 15.1. The second kappa shape index (κ2) is 8.64. The highest BCUT2D eigenvalue weighted by atomic mass is 32.2. The molecule has 1 rings (SSSR count). The van der Waals surface area contributed by atoms with Crippen molar-refractivity contribution in [1.29, 1.82) is 0 Å². The Kier molecular flexibility index (Phi) is 7.48. The van der Waals surface area contributed by atoms with Gasteiger partial charge in [0, 0.05) is 24.4 Å². The second-order valence-electron chi connectivity index (χ2n) is 6.30. The molecule has 1 aromatic rings. The molecule has 0 aliphatic carbocycles. The lowest BCUT2D eigenvalue weighted by molar-refractivity contribution is -0.122. The van der Waals surface area contributed by atoms with Crippen LogP contribution in [0.3, 0.4) is 0 Å². The number of aryl methyl sites for hydroxylation is 2. The minimum Gasteiger partial charge on any atom is -0.388 e. The lowest BCUT2D eigenvalue weighted by Gasteiger charge is -2.29. The molecule has 23 heavy (non-hydrogen) atoms. The van der Waals surface area contributed by atoms with E-state index in [2.05, 4.69) is 15.3 Å². The summed E-state index contributed by atoms with van der Waals surface area (Å²) < 4.78 is 0. The highest BCUT2D eigenvalue weighted by molar-refractivity contribution is 7.98. The van der Waals surface area contributed by atoms with Gasteiger partial charge in [0.25, 0.3) is 0 Å². The van der Waals surface area contributed by atoms with Gasteiger partial charge in [0.2, 0.25) is 5.91 Å². The molecule has 0 fully saturated rings. The number of aliphatic hydroxyl groups is 1. The third-order valence-electron chi connectivity index (χ3n) is 4.50. The van der Waals surface area contributed by atoms with Crippen LogP contribution in [0.15, 0.2) is 5.16 Å². The van der Waals surface area contributed by atoms with Gasteiger partial charge in [-0.05, 0) is 44.9 Å². The maximum absolute atomic E-state index is 12.1. The maximum Gasteiger partial charge on any atom is 0.220 e. The summed E-state index contributed by atoms with van der Waals surface area (Å²) in [6.45, 7) is 9.98. The van der Waals surface area contributed by atoms with Crippen molar-refractivity contribution in [2.24, 2.45) is 5.92 Å². The number of aromatic nitrogens is 2. The smallest absolute Gasteiger partial charge is 0.220 e. The Balaban J connectivity index is 2.57. The molecule has 1 amide bonds. The van der Waals surface area contributed by atoms with Gasteiger partial charge in [0.1, 0.15) is 0 Å². The van der Waals surface area contributed by atoms with Crippen LogP contribution in [0.5, 0.6) is 0 Å². The molecule has 0 saturated carbocycles. The van der Waals surface area contributed by atoms with Gasteiger partial charge in [-0.1, -0.05) is 32.0 Å². The highest BCUT2D eigenvalue weighted by Crippen LogP contribution is 2.19. The first-order chi connectivity index (χ1) is 10.7. The Morgan fingerprint density at radius 1 is 1.35 bits per heavy atom. The predicted molar refractivity (Wildman–Crippen MR) is 94.7 cm³/mol. The van der Waals surface area contributed by atoms with Crippen LogP contribution in [0, 0.1) is 19.8 Å². The number of hydrogen-bond donors (Lipinski definition) is 2. The summed E-state index contributed by atoms with van der Waals surface area (Å²) >= 11 is 1.52. The Hall–Kier alpha value is -1.14. The van der Waals surface area contributed by atoms with Crippen molar-refractivity contribution in [3.05, 3.63) is 17.0 Å². The first-order valence-electron chi connectivity index (χ1n) is 8.08. The van der Waals surface area contributed by atoms with Gasteiger partial charge in [0.15, 0.2) is 5.16 Å². The third kappa shape index (κ3) is 5.77. The van der Waals surface area contributed by atoms with Gasteiger partial charge in [-0.2, -0.15) is 0 Å². The lowest BCUT2D eigenvalue weighted by Crippen LogP contribution is -2.45. The average molecular weight is 340 g/mol. The summed E-state index contributed by atoms with van der Waals surface area (Å²) in [4.78, 5) is 20.9. The van der Waals surface area contributed by atoms with Crippen LogP contribution < -0.4 is 5.32 Å². The number of thioether (sulfide) groups is 1. The SMILES string of the molecule is CCC(C)C(C)(O)CNC(=O)CCc1c(C)nc(SC)nc1C. The summed E-state index contributed by atoms with van der Waals surface area (Å²) in [6.07, 6.45) is 3.81. The van der Waals surface area contributed by atoms with E-state index < -0.39 is 5.60 Å². The second-order valence-corrected chi connectivity index (χ2v) is 7.08. The van der Waals surface area contributed by atoms with E-state index >= 15 is 0 Å². The molecule has 0 bridgehead atoms. The van der Waals surface area contributed by atoms with Crippen LogP contribution in [-0.2, 0) is 11.2 Å². The number of nitrogens with one attached hydrogen (secondary N) is 1. The predicted octanol–water partition coefficient (Wildman–Crippen LogP) is 2.66. The molecule has 0 aliphatic rings. The van der Waals surface area contributed by atoms with E-state index in [1.165, 1.54) is 11.8 Å². The van der Waals surface area contributed by atoms with E-state index in [0.717, 1.165) is 28.5 Å². The molecule has 0 saturated heterocycles. The molecule has 0 spiro atoms. The molecule has 0 radical (unpaired) electrons. The molecule has 1 heterocycles. The van der Waals surface area contributed by atoms with Crippen molar-refractivity contribution in [2.75, 3.05) is 12.8 Å². The molecule has 5 nitrogen and oxygen atoms in total. The van der Waals surface area contributed by atoms with E-state index in [9.17, 15) is 9.90 Å². The van der Waals surface area contributed by atoms with Crippen LogP contribution in [0.4, 0.5) is 0 Å². The standard InChI is InChI=1S/C17H29N3O2S/c1-7-11(2)17(5,22)10-18-15(21)9-8-14-12(3)19-16(23-6)20-13(14)4/h11,22H,7-10H2,1-6H3,(H,18,21). The Morgan fingerprint density at radius 2 is 1.91 bits per heavy atom. The van der Waals surface area contributed by atoms with Gasteiger partial charge >= 0.3 is 0 Å². The zero-order chi connectivity index (χ0) is 17.6.